The van der Waals surface area contributed by atoms with Crippen molar-refractivity contribution in [3.8, 4) is 0 Å². The Hall–Kier alpha value is -3.20. The summed E-state index contributed by atoms with van der Waals surface area (Å²) in [4.78, 5) is 40.2. The van der Waals surface area contributed by atoms with Crippen LogP contribution in [0.3, 0.4) is 0 Å². The van der Waals surface area contributed by atoms with Crippen molar-refractivity contribution in [2.45, 2.75) is 64.1 Å². The van der Waals surface area contributed by atoms with E-state index in [2.05, 4.69) is 5.32 Å². The molecule has 0 spiro atoms. The number of fused-ring (bicyclic) bond motifs is 1. The van der Waals surface area contributed by atoms with Crippen molar-refractivity contribution in [2.24, 2.45) is 0 Å². The third-order valence-corrected chi connectivity index (χ3v) is 7.42. The Labute approximate surface area is 201 Å². The molecule has 8 nitrogen and oxygen atoms in total. The van der Waals surface area contributed by atoms with E-state index in [1.54, 1.807) is 19.1 Å². The molecule has 0 aliphatic carbocycles. The van der Waals surface area contributed by atoms with Crippen molar-refractivity contribution in [3.05, 3.63) is 65.2 Å². The third-order valence-electron chi connectivity index (χ3n) is 5.58. The van der Waals surface area contributed by atoms with Crippen LogP contribution in [0.25, 0.3) is 0 Å². The molecule has 1 unspecified atom stereocenters. The van der Waals surface area contributed by atoms with Crippen molar-refractivity contribution in [1.29, 1.82) is 0 Å². The average Bonchev–Trinajstić information content (AvgIpc) is 2.95. The summed E-state index contributed by atoms with van der Waals surface area (Å²) in [5, 5.41) is 2.89. The van der Waals surface area contributed by atoms with Gasteiger partial charge < -0.3 is 10.2 Å². The number of hydrogen-bond donors (Lipinski definition) is 1. The van der Waals surface area contributed by atoms with Gasteiger partial charge in [0.05, 0.1) is 5.56 Å². The van der Waals surface area contributed by atoms with E-state index in [1.807, 2.05) is 52.0 Å². The van der Waals surface area contributed by atoms with E-state index < -0.39 is 33.4 Å². The molecule has 3 rings (SSSR count). The zero-order chi connectivity index (χ0) is 25.3. The molecule has 2 aromatic carbocycles. The number of carbonyl (C=O) groups excluding carboxylic acids is 3. The summed E-state index contributed by atoms with van der Waals surface area (Å²) in [5.41, 5.74) is 1.53. The molecule has 0 saturated carbocycles. The molecule has 182 valence electrons. The molecule has 1 atom stereocenters. The van der Waals surface area contributed by atoms with Gasteiger partial charge in [0.1, 0.15) is 10.9 Å². The minimum Gasteiger partial charge on any atom is -0.350 e. The molecule has 0 saturated heterocycles. The molecular weight excluding hydrogens is 454 g/mol. The Morgan fingerprint density at radius 2 is 1.68 bits per heavy atom. The maximum atomic E-state index is 13.3. The molecule has 0 radical (unpaired) electrons. The number of benzene rings is 2. The second kappa shape index (κ2) is 9.58. The highest BCUT2D eigenvalue weighted by atomic mass is 32.2. The smallest absolute Gasteiger partial charge is 0.269 e. The van der Waals surface area contributed by atoms with Gasteiger partial charge in [0.25, 0.3) is 15.9 Å². The zero-order valence-corrected chi connectivity index (χ0v) is 21.0. The minimum atomic E-state index is -4.01. The van der Waals surface area contributed by atoms with E-state index in [1.165, 1.54) is 17.0 Å². The van der Waals surface area contributed by atoms with Crippen LogP contribution in [0.4, 0.5) is 0 Å². The molecule has 3 amide bonds. The largest absolute Gasteiger partial charge is 0.350 e. The van der Waals surface area contributed by atoms with Gasteiger partial charge in [0.2, 0.25) is 11.8 Å². The fraction of sp³-hybridized carbons (Fsp3) is 0.400. The first-order chi connectivity index (χ1) is 15.8. The normalized spacial score (nSPS) is 15.6. The predicted molar refractivity (Wildman–Crippen MR) is 128 cm³/mol. The topological polar surface area (TPSA) is 104 Å². The fourth-order valence-electron chi connectivity index (χ4n) is 3.74. The van der Waals surface area contributed by atoms with Crippen LogP contribution in [0.5, 0.6) is 0 Å². The number of carbonyl (C=O) groups is 3. The standard InChI is InChI=1S/C25H31N3O5S/c1-17-10-12-19(13-11-17)16-27(18(2)23(30)26-25(3,4)5)22(29)14-15-28-24(31)20-8-6-7-9-21(20)34(28,32)33/h6-13,18H,14-16H2,1-5H3,(H,26,30). The van der Waals surface area contributed by atoms with Crippen LogP contribution in [-0.2, 0) is 26.2 Å². The highest BCUT2D eigenvalue weighted by Gasteiger charge is 2.41. The molecule has 1 N–H and O–H groups in total. The molecule has 0 aromatic heterocycles. The molecule has 1 aliphatic heterocycles. The molecule has 2 aromatic rings. The minimum absolute atomic E-state index is 0.0538. The third kappa shape index (κ3) is 5.47. The second-order valence-electron chi connectivity index (χ2n) is 9.55. The van der Waals surface area contributed by atoms with E-state index in [9.17, 15) is 22.8 Å². The summed E-state index contributed by atoms with van der Waals surface area (Å²) >= 11 is 0. The molecule has 9 heteroatoms. The van der Waals surface area contributed by atoms with Crippen LogP contribution in [0.2, 0.25) is 0 Å². The van der Waals surface area contributed by atoms with Crippen LogP contribution in [-0.4, -0.2) is 53.5 Å². The van der Waals surface area contributed by atoms with Crippen LogP contribution in [0.15, 0.2) is 53.4 Å². The van der Waals surface area contributed by atoms with Gasteiger partial charge in [-0.15, -0.1) is 0 Å². The van der Waals surface area contributed by atoms with Crippen molar-refractivity contribution in [3.63, 3.8) is 0 Å². The summed E-state index contributed by atoms with van der Waals surface area (Å²) in [5.74, 6) is -1.38. The Bertz CT molecular complexity index is 1200. The molecular formula is C25H31N3O5S. The first kappa shape index (κ1) is 25.4. The average molecular weight is 486 g/mol. The van der Waals surface area contributed by atoms with E-state index >= 15 is 0 Å². The maximum absolute atomic E-state index is 13.3. The van der Waals surface area contributed by atoms with Crippen molar-refractivity contribution in [2.75, 3.05) is 6.54 Å². The molecule has 0 fully saturated rings. The van der Waals surface area contributed by atoms with Crippen molar-refractivity contribution < 1.29 is 22.8 Å². The highest BCUT2D eigenvalue weighted by molar-refractivity contribution is 7.90. The zero-order valence-electron chi connectivity index (χ0n) is 20.2. The van der Waals surface area contributed by atoms with Gasteiger partial charge in [-0.25, -0.2) is 12.7 Å². The lowest BCUT2D eigenvalue weighted by Gasteiger charge is -2.32. The lowest BCUT2D eigenvalue weighted by molar-refractivity contribution is -0.141. The summed E-state index contributed by atoms with van der Waals surface area (Å²) in [6.07, 6.45) is -0.238. The molecule has 34 heavy (non-hydrogen) atoms. The molecule has 1 aliphatic rings. The van der Waals surface area contributed by atoms with E-state index in [0.29, 0.717) is 0 Å². The van der Waals surface area contributed by atoms with Gasteiger partial charge in [-0.1, -0.05) is 42.0 Å². The van der Waals surface area contributed by atoms with E-state index in [0.717, 1.165) is 15.4 Å². The molecule has 1 heterocycles. The van der Waals surface area contributed by atoms with Crippen molar-refractivity contribution >= 4 is 27.7 Å². The van der Waals surface area contributed by atoms with Crippen LogP contribution in [0.1, 0.15) is 55.6 Å². The van der Waals surface area contributed by atoms with Gasteiger partial charge in [-0.3, -0.25) is 14.4 Å². The second-order valence-corrected chi connectivity index (χ2v) is 11.4. The number of sulfonamides is 1. The van der Waals surface area contributed by atoms with Crippen LogP contribution < -0.4 is 5.32 Å². The SMILES string of the molecule is Cc1ccc(CN(C(=O)CCN2C(=O)c3ccccc3S2(=O)=O)C(C)C(=O)NC(C)(C)C)cc1. The Morgan fingerprint density at radius 1 is 1.06 bits per heavy atom. The van der Waals surface area contributed by atoms with Gasteiger partial charge in [-0.05, 0) is 52.3 Å². The number of nitrogens with zero attached hydrogens (tertiary/aromatic N) is 2. The van der Waals surface area contributed by atoms with Crippen molar-refractivity contribution in [1.82, 2.24) is 14.5 Å². The Kier molecular flexibility index (Phi) is 7.16. The van der Waals surface area contributed by atoms with Gasteiger partial charge in [-0.2, -0.15) is 0 Å². The number of amides is 3. The molecule has 0 bridgehead atoms. The lowest BCUT2D eigenvalue weighted by Crippen LogP contribution is -2.52. The van der Waals surface area contributed by atoms with E-state index in [4.69, 9.17) is 0 Å². The Morgan fingerprint density at radius 3 is 2.26 bits per heavy atom. The quantitative estimate of drug-likeness (QED) is 0.650. The first-order valence-corrected chi connectivity index (χ1v) is 12.6. The van der Waals surface area contributed by atoms with Gasteiger partial charge in [0.15, 0.2) is 0 Å². The van der Waals surface area contributed by atoms with Crippen LogP contribution in [0, 0.1) is 6.92 Å². The lowest BCUT2D eigenvalue weighted by atomic mass is 10.1. The number of hydrogen-bond acceptors (Lipinski definition) is 5. The van der Waals surface area contributed by atoms with Gasteiger partial charge >= 0.3 is 0 Å². The summed E-state index contributed by atoms with van der Waals surface area (Å²) in [6.45, 7) is 9.03. The predicted octanol–water partition coefficient (Wildman–Crippen LogP) is 2.86. The number of rotatable bonds is 7. The van der Waals surface area contributed by atoms with E-state index in [-0.39, 0.29) is 35.9 Å². The van der Waals surface area contributed by atoms with Gasteiger partial charge in [0, 0.05) is 25.0 Å². The fourth-order valence-corrected chi connectivity index (χ4v) is 5.31. The highest BCUT2D eigenvalue weighted by Crippen LogP contribution is 2.30. The summed E-state index contributed by atoms with van der Waals surface area (Å²) in [7, 11) is -4.01. The first-order valence-electron chi connectivity index (χ1n) is 11.1. The summed E-state index contributed by atoms with van der Waals surface area (Å²) in [6, 6.07) is 12.8. The Balaban J connectivity index is 1.80. The maximum Gasteiger partial charge on any atom is 0.269 e. The van der Waals surface area contributed by atoms with Crippen LogP contribution >= 0.6 is 0 Å². The monoisotopic (exact) mass is 485 g/mol. The number of nitrogens with one attached hydrogen (secondary N) is 1. The number of aryl methyl sites for hydroxylation is 1. The summed E-state index contributed by atoms with van der Waals surface area (Å²) < 4.78 is 26.4.